The number of carbonyl (C=O) groups is 2. The number of carboxylic acids is 1. The van der Waals surface area contributed by atoms with E-state index in [9.17, 15) is 14.7 Å². The molecule has 0 fully saturated rings. The van der Waals surface area contributed by atoms with E-state index in [0.717, 1.165) is 5.56 Å². The number of hydrogen-bond donors (Lipinski definition) is 2. The molecule has 0 unspecified atom stereocenters. The van der Waals surface area contributed by atoms with Gasteiger partial charge >= 0.3 is 5.97 Å². The Labute approximate surface area is 180 Å². The second-order valence-electron chi connectivity index (χ2n) is 5.29. The Hall–Kier alpha value is -2.57. The molecular weight excluding hydrogens is 410 g/mol. The van der Waals surface area contributed by atoms with Gasteiger partial charge < -0.3 is 14.8 Å². The van der Waals surface area contributed by atoms with Gasteiger partial charge in [0.15, 0.2) is 0 Å². The van der Waals surface area contributed by atoms with Crippen LogP contribution in [-0.4, -0.2) is 17.0 Å². The maximum absolute atomic E-state index is 12.1. The number of nitrogens with one attached hydrogen (secondary N) is 1. The van der Waals surface area contributed by atoms with Crippen LogP contribution in [0.3, 0.4) is 0 Å². The highest BCUT2D eigenvalue weighted by molar-refractivity contribution is 7.15. The SMILES string of the molecule is CC.CC.O=C(CCc1ccco1)Nc1scc(-c2ccc(Cl)cc2)c1C(=O)O. The predicted octanol–water partition coefficient (Wildman–Crippen LogP) is 6.98. The number of amides is 1. The molecule has 2 N–H and O–H groups in total. The minimum atomic E-state index is -1.09. The van der Waals surface area contributed by atoms with Gasteiger partial charge in [0.25, 0.3) is 0 Å². The monoisotopic (exact) mass is 435 g/mol. The van der Waals surface area contributed by atoms with Crippen molar-refractivity contribution in [3.8, 4) is 11.1 Å². The standard InChI is InChI=1S/C18H14ClNO4S.2C2H6/c19-12-5-3-11(4-6-12)14-10-25-17(16(14)18(22)23)20-15(21)8-7-13-2-1-9-24-13;2*1-2/h1-6,9-10H,7-8H2,(H,20,21)(H,22,23);2*1-2H3. The zero-order chi connectivity index (χ0) is 21.8. The maximum Gasteiger partial charge on any atom is 0.339 e. The number of rotatable bonds is 6. The van der Waals surface area contributed by atoms with E-state index in [1.54, 1.807) is 48.0 Å². The molecule has 3 aromatic rings. The van der Waals surface area contributed by atoms with E-state index in [1.807, 2.05) is 27.7 Å². The molecule has 1 aromatic carbocycles. The fraction of sp³-hybridized carbons (Fsp3) is 0.273. The molecule has 0 atom stereocenters. The summed E-state index contributed by atoms with van der Waals surface area (Å²) in [6.45, 7) is 8.00. The average molecular weight is 436 g/mol. The van der Waals surface area contributed by atoms with Gasteiger partial charge in [-0.05, 0) is 29.8 Å². The lowest BCUT2D eigenvalue weighted by Gasteiger charge is -2.06. The van der Waals surface area contributed by atoms with Gasteiger partial charge in [-0.15, -0.1) is 11.3 Å². The molecular formula is C22H26ClNO4S. The van der Waals surface area contributed by atoms with E-state index in [0.29, 0.717) is 27.8 Å². The lowest BCUT2D eigenvalue weighted by atomic mass is 10.0. The Morgan fingerprint density at radius 2 is 1.76 bits per heavy atom. The first-order valence-electron chi connectivity index (χ1n) is 9.47. The third kappa shape index (κ3) is 7.07. The number of aromatic carboxylic acids is 1. The molecule has 0 bridgehead atoms. The molecule has 7 heteroatoms. The minimum absolute atomic E-state index is 0.0821. The number of aryl methyl sites for hydroxylation is 1. The molecule has 3 rings (SSSR count). The lowest BCUT2D eigenvalue weighted by molar-refractivity contribution is -0.116. The number of carboxylic acid groups (broad SMARTS) is 1. The summed E-state index contributed by atoms with van der Waals surface area (Å²) in [5.74, 6) is -0.641. The Bertz CT molecular complexity index is 886. The maximum atomic E-state index is 12.1. The first-order valence-corrected chi connectivity index (χ1v) is 10.7. The largest absolute Gasteiger partial charge is 0.478 e. The summed E-state index contributed by atoms with van der Waals surface area (Å²) in [5, 5.41) is 14.9. The van der Waals surface area contributed by atoms with Gasteiger partial charge in [-0.1, -0.05) is 51.4 Å². The molecule has 2 aromatic heterocycles. The van der Waals surface area contributed by atoms with Gasteiger partial charge in [-0.25, -0.2) is 4.79 Å². The normalized spacial score (nSPS) is 9.55. The molecule has 5 nitrogen and oxygen atoms in total. The summed E-state index contributed by atoms with van der Waals surface area (Å²) < 4.78 is 5.19. The Balaban J connectivity index is 0.000000989. The van der Waals surface area contributed by atoms with Crippen LogP contribution in [0.15, 0.2) is 52.5 Å². The molecule has 0 aliphatic carbocycles. The van der Waals surface area contributed by atoms with Gasteiger partial charge in [0.2, 0.25) is 5.91 Å². The number of benzene rings is 1. The summed E-state index contributed by atoms with van der Waals surface area (Å²) in [6, 6.07) is 10.4. The zero-order valence-corrected chi connectivity index (χ0v) is 18.6. The van der Waals surface area contributed by atoms with Gasteiger partial charge in [0.05, 0.1) is 6.26 Å². The van der Waals surface area contributed by atoms with Gasteiger partial charge in [0, 0.05) is 28.8 Å². The van der Waals surface area contributed by atoms with Crippen LogP contribution in [-0.2, 0) is 11.2 Å². The summed E-state index contributed by atoms with van der Waals surface area (Å²) in [6.07, 6.45) is 2.21. The van der Waals surface area contributed by atoms with Crippen LogP contribution < -0.4 is 5.32 Å². The smallest absolute Gasteiger partial charge is 0.339 e. The Kier molecular flexibility index (Phi) is 10.8. The fourth-order valence-electron chi connectivity index (χ4n) is 2.38. The van der Waals surface area contributed by atoms with Crippen molar-refractivity contribution in [2.24, 2.45) is 0 Å². The summed E-state index contributed by atoms with van der Waals surface area (Å²) in [7, 11) is 0. The van der Waals surface area contributed by atoms with Crippen LogP contribution in [0.4, 0.5) is 5.00 Å². The van der Waals surface area contributed by atoms with Crippen LogP contribution in [0.1, 0.15) is 50.2 Å². The average Bonchev–Trinajstić information content (AvgIpc) is 3.40. The first-order chi connectivity index (χ1) is 14.0. The molecule has 0 aliphatic rings. The van der Waals surface area contributed by atoms with Crippen LogP contribution in [0.2, 0.25) is 5.02 Å². The van der Waals surface area contributed by atoms with Crippen molar-refractivity contribution in [2.75, 3.05) is 5.32 Å². The molecule has 0 radical (unpaired) electrons. The van der Waals surface area contributed by atoms with Crippen LogP contribution in [0.5, 0.6) is 0 Å². The molecule has 156 valence electrons. The van der Waals surface area contributed by atoms with E-state index in [2.05, 4.69) is 5.32 Å². The van der Waals surface area contributed by atoms with Crippen molar-refractivity contribution in [1.82, 2.24) is 0 Å². The first kappa shape index (κ1) is 24.5. The van der Waals surface area contributed by atoms with Crippen molar-refractivity contribution in [3.05, 3.63) is 64.4 Å². The summed E-state index contributed by atoms with van der Waals surface area (Å²) in [4.78, 5) is 23.8. The van der Waals surface area contributed by atoms with E-state index >= 15 is 0 Å². The number of thiophene rings is 1. The van der Waals surface area contributed by atoms with Gasteiger partial charge in [0.1, 0.15) is 16.3 Å². The molecule has 0 aliphatic heterocycles. The third-order valence-corrected chi connectivity index (χ3v) is 4.74. The van der Waals surface area contributed by atoms with Gasteiger partial charge in [-0.2, -0.15) is 0 Å². The summed E-state index contributed by atoms with van der Waals surface area (Å²) in [5.41, 5.74) is 1.36. The fourth-order valence-corrected chi connectivity index (χ4v) is 3.49. The Morgan fingerprint density at radius 3 is 2.31 bits per heavy atom. The Morgan fingerprint density at radius 1 is 1.10 bits per heavy atom. The van der Waals surface area contributed by atoms with Crippen LogP contribution in [0, 0.1) is 0 Å². The molecule has 2 heterocycles. The molecule has 0 saturated heterocycles. The van der Waals surface area contributed by atoms with Crippen molar-refractivity contribution in [2.45, 2.75) is 40.5 Å². The van der Waals surface area contributed by atoms with E-state index < -0.39 is 5.97 Å². The van der Waals surface area contributed by atoms with Crippen molar-refractivity contribution in [1.29, 1.82) is 0 Å². The highest BCUT2D eigenvalue weighted by Crippen LogP contribution is 2.36. The van der Waals surface area contributed by atoms with E-state index in [1.165, 1.54) is 11.3 Å². The minimum Gasteiger partial charge on any atom is -0.478 e. The number of anilines is 1. The molecule has 1 amide bonds. The topological polar surface area (TPSA) is 79.5 Å². The second-order valence-corrected chi connectivity index (χ2v) is 6.61. The van der Waals surface area contributed by atoms with Gasteiger partial charge in [-0.3, -0.25) is 4.79 Å². The number of hydrogen-bond acceptors (Lipinski definition) is 4. The molecule has 0 spiro atoms. The zero-order valence-electron chi connectivity index (χ0n) is 17.0. The third-order valence-electron chi connectivity index (χ3n) is 3.59. The number of furan rings is 1. The van der Waals surface area contributed by atoms with Crippen LogP contribution in [0.25, 0.3) is 11.1 Å². The quantitative estimate of drug-likeness (QED) is 0.437. The summed E-state index contributed by atoms with van der Waals surface area (Å²) >= 11 is 7.06. The second kappa shape index (κ2) is 12.8. The van der Waals surface area contributed by atoms with Crippen molar-refractivity contribution < 1.29 is 19.1 Å². The van der Waals surface area contributed by atoms with Crippen molar-refractivity contribution in [3.63, 3.8) is 0 Å². The number of carbonyl (C=O) groups excluding carboxylic acids is 1. The lowest BCUT2D eigenvalue weighted by Crippen LogP contribution is -2.13. The highest BCUT2D eigenvalue weighted by Gasteiger charge is 2.21. The van der Waals surface area contributed by atoms with Crippen molar-refractivity contribution >= 4 is 39.8 Å². The predicted molar refractivity (Wildman–Crippen MR) is 120 cm³/mol. The number of halogens is 1. The molecule has 29 heavy (non-hydrogen) atoms. The van der Waals surface area contributed by atoms with E-state index in [-0.39, 0.29) is 17.9 Å². The van der Waals surface area contributed by atoms with E-state index in [4.69, 9.17) is 16.0 Å². The van der Waals surface area contributed by atoms with Crippen LogP contribution >= 0.6 is 22.9 Å². The highest BCUT2D eigenvalue weighted by atomic mass is 35.5. The molecule has 0 saturated carbocycles.